The SMILES string of the molecule is c1cncc(-c2nc(-c3ccc(-n4cccn4)nc3)no2)c1. The Balaban J connectivity index is 1.64. The highest BCUT2D eigenvalue weighted by molar-refractivity contribution is 5.58. The highest BCUT2D eigenvalue weighted by Gasteiger charge is 2.11. The van der Waals surface area contributed by atoms with Gasteiger partial charge in [-0.05, 0) is 30.3 Å². The fourth-order valence-corrected chi connectivity index (χ4v) is 2.01. The van der Waals surface area contributed by atoms with Crippen LogP contribution in [-0.2, 0) is 0 Å². The summed E-state index contributed by atoms with van der Waals surface area (Å²) >= 11 is 0. The van der Waals surface area contributed by atoms with E-state index in [-0.39, 0.29) is 0 Å². The number of pyridine rings is 2. The lowest BCUT2D eigenvalue weighted by atomic mass is 10.2. The van der Waals surface area contributed by atoms with Crippen LogP contribution >= 0.6 is 0 Å². The van der Waals surface area contributed by atoms with Gasteiger partial charge in [0.1, 0.15) is 0 Å². The maximum absolute atomic E-state index is 5.26. The van der Waals surface area contributed by atoms with Crippen molar-refractivity contribution in [2.45, 2.75) is 0 Å². The molecule has 0 N–H and O–H groups in total. The molecule has 7 heteroatoms. The molecule has 0 amide bonds. The van der Waals surface area contributed by atoms with E-state index in [1.165, 1.54) is 0 Å². The van der Waals surface area contributed by atoms with E-state index >= 15 is 0 Å². The predicted octanol–water partition coefficient (Wildman–Crippen LogP) is 2.38. The Morgan fingerprint density at radius 2 is 1.95 bits per heavy atom. The van der Waals surface area contributed by atoms with Gasteiger partial charge in [-0.1, -0.05) is 5.16 Å². The number of nitrogens with zero attached hydrogens (tertiary/aromatic N) is 6. The molecule has 0 bridgehead atoms. The third kappa shape index (κ3) is 2.24. The highest BCUT2D eigenvalue weighted by atomic mass is 16.5. The van der Waals surface area contributed by atoms with Crippen molar-refractivity contribution in [1.82, 2.24) is 29.9 Å². The Bertz CT molecular complexity index is 868. The van der Waals surface area contributed by atoms with Crippen LogP contribution in [0.3, 0.4) is 0 Å². The lowest BCUT2D eigenvalue weighted by molar-refractivity contribution is 0.432. The number of hydrogen-bond donors (Lipinski definition) is 0. The van der Waals surface area contributed by atoms with Crippen molar-refractivity contribution in [2.75, 3.05) is 0 Å². The largest absolute Gasteiger partial charge is 0.334 e. The minimum absolute atomic E-state index is 0.430. The summed E-state index contributed by atoms with van der Waals surface area (Å²) in [6, 6.07) is 9.25. The predicted molar refractivity (Wildman–Crippen MR) is 77.9 cm³/mol. The summed E-state index contributed by atoms with van der Waals surface area (Å²) in [4.78, 5) is 12.7. The lowest BCUT2D eigenvalue weighted by Crippen LogP contribution is -1.97. The van der Waals surface area contributed by atoms with E-state index in [4.69, 9.17) is 4.52 Å². The number of hydrogen-bond acceptors (Lipinski definition) is 6. The van der Waals surface area contributed by atoms with Gasteiger partial charge in [0.05, 0.1) is 5.56 Å². The van der Waals surface area contributed by atoms with Crippen molar-refractivity contribution in [1.29, 1.82) is 0 Å². The molecule has 0 aliphatic heterocycles. The Morgan fingerprint density at radius 1 is 0.955 bits per heavy atom. The van der Waals surface area contributed by atoms with Crippen molar-refractivity contribution in [3.8, 4) is 28.7 Å². The Morgan fingerprint density at radius 3 is 2.68 bits per heavy atom. The van der Waals surface area contributed by atoms with Crippen molar-refractivity contribution in [3.05, 3.63) is 61.3 Å². The summed E-state index contributed by atoms with van der Waals surface area (Å²) in [6.45, 7) is 0. The van der Waals surface area contributed by atoms with E-state index < -0.39 is 0 Å². The van der Waals surface area contributed by atoms with Crippen LogP contribution in [0.1, 0.15) is 0 Å². The van der Waals surface area contributed by atoms with Crippen LogP contribution in [0.25, 0.3) is 28.7 Å². The van der Waals surface area contributed by atoms with E-state index in [1.54, 1.807) is 29.5 Å². The monoisotopic (exact) mass is 290 g/mol. The first kappa shape index (κ1) is 12.4. The molecular weight excluding hydrogens is 280 g/mol. The second-order valence-electron chi connectivity index (χ2n) is 4.52. The Labute approximate surface area is 125 Å². The first-order valence-corrected chi connectivity index (χ1v) is 6.61. The van der Waals surface area contributed by atoms with Gasteiger partial charge >= 0.3 is 0 Å². The van der Waals surface area contributed by atoms with Crippen molar-refractivity contribution >= 4 is 0 Å². The van der Waals surface area contributed by atoms with Crippen molar-refractivity contribution < 1.29 is 4.52 Å². The summed E-state index contributed by atoms with van der Waals surface area (Å²) in [5.41, 5.74) is 1.55. The molecule has 0 fully saturated rings. The molecule has 0 radical (unpaired) electrons. The van der Waals surface area contributed by atoms with Crippen LogP contribution in [0.4, 0.5) is 0 Å². The third-order valence-electron chi connectivity index (χ3n) is 3.08. The molecule has 22 heavy (non-hydrogen) atoms. The molecule has 0 aliphatic carbocycles. The molecule has 4 heterocycles. The van der Waals surface area contributed by atoms with Gasteiger partial charge in [0.2, 0.25) is 5.82 Å². The minimum atomic E-state index is 0.430. The fraction of sp³-hybridized carbons (Fsp3) is 0. The topological polar surface area (TPSA) is 82.5 Å². The van der Waals surface area contributed by atoms with Crippen LogP contribution in [0.5, 0.6) is 0 Å². The quantitative estimate of drug-likeness (QED) is 0.576. The van der Waals surface area contributed by atoms with Crippen molar-refractivity contribution in [2.24, 2.45) is 0 Å². The third-order valence-corrected chi connectivity index (χ3v) is 3.08. The van der Waals surface area contributed by atoms with E-state index in [0.29, 0.717) is 11.7 Å². The summed E-state index contributed by atoms with van der Waals surface area (Å²) < 4.78 is 6.94. The molecule has 0 unspecified atom stereocenters. The maximum Gasteiger partial charge on any atom is 0.259 e. The average Bonchev–Trinajstić information content (AvgIpc) is 3.28. The zero-order valence-electron chi connectivity index (χ0n) is 11.4. The van der Waals surface area contributed by atoms with E-state index in [1.807, 2.05) is 36.5 Å². The normalized spacial score (nSPS) is 10.7. The van der Waals surface area contributed by atoms with Gasteiger partial charge < -0.3 is 4.52 Å². The fourth-order valence-electron chi connectivity index (χ4n) is 2.01. The van der Waals surface area contributed by atoms with E-state index in [9.17, 15) is 0 Å². The maximum atomic E-state index is 5.26. The lowest BCUT2D eigenvalue weighted by Gasteiger charge is -2.00. The van der Waals surface area contributed by atoms with E-state index in [0.717, 1.165) is 16.9 Å². The van der Waals surface area contributed by atoms with Gasteiger partial charge in [0.25, 0.3) is 5.89 Å². The van der Waals surface area contributed by atoms with Gasteiger partial charge in [0.15, 0.2) is 5.82 Å². The van der Waals surface area contributed by atoms with Gasteiger partial charge in [-0.3, -0.25) is 4.98 Å². The molecule has 0 aliphatic rings. The van der Waals surface area contributed by atoms with Crippen LogP contribution in [-0.4, -0.2) is 29.9 Å². The van der Waals surface area contributed by atoms with Crippen LogP contribution in [0, 0.1) is 0 Å². The molecule has 4 aromatic rings. The first-order valence-electron chi connectivity index (χ1n) is 6.61. The summed E-state index contributed by atoms with van der Waals surface area (Å²) in [5.74, 6) is 1.64. The van der Waals surface area contributed by atoms with Gasteiger partial charge in [0, 0.05) is 36.5 Å². The average molecular weight is 290 g/mol. The standard InChI is InChI=1S/C15H10N6O/c1-3-12(9-16-6-1)15-19-14(20-22-15)11-4-5-13(17-10-11)21-8-2-7-18-21/h1-10H. The number of rotatable bonds is 3. The Hall–Kier alpha value is -3.35. The first-order chi connectivity index (χ1) is 10.9. The molecule has 7 nitrogen and oxygen atoms in total. The molecule has 4 aromatic heterocycles. The second-order valence-corrected chi connectivity index (χ2v) is 4.52. The molecule has 0 atom stereocenters. The summed E-state index contributed by atoms with van der Waals surface area (Å²) in [5, 5.41) is 8.11. The molecule has 0 aromatic carbocycles. The second kappa shape index (κ2) is 5.21. The van der Waals surface area contributed by atoms with Gasteiger partial charge in [-0.25, -0.2) is 9.67 Å². The smallest absolute Gasteiger partial charge is 0.259 e. The molecule has 0 saturated heterocycles. The van der Waals surface area contributed by atoms with Gasteiger partial charge in [-0.2, -0.15) is 10.1 Å². The van der Waals surface area contributed by atoms with Crippen LogP contribution in [0.15, 0.2) is 65.8 Å². The van der Waals surface area contributed by atoms with Crippen LogP contribution in [0.2, 0.25) is 0 Å². The zero-order chi connectivity index (χ0) is 14.8. The number of aromatic nitrogens is 6. The zero-order valence-corrected chi connectivity index (χ0v) is 11.4. The summed E-state index contributed by atoms with van der Waals surface area (Å²) in [7, 11) is 0. The molecule has 0 saturated carbocycles. The summed E-state index contributed by atoms with van der Waals surface area (Å²) in [6.07, 6.45) is 8.59. The van der Waals surface area contributed by atoms with Crippen molar-refractivity contribution in [3.63, 3.8) is 0 Å². The molecule has 0 spiro atoms. The van der Waals surface area contributed by atoms with Gasteiger partial charge in [-0.15, -0.1) is 0 Å². The van der Waals surface area contributed by atoms with Crippen LogP contribution < -0.4 is 0 Å². The minimum Gasteiger partial charge on any atom is -0.334 e. The Kier molecular flexibility index (Phi) is 2.93. The molecule has 106 valence electrons. The highest BCUT2D eigenvalue weighted by Crippen LogP contribution is 2.21. The molecular formula is C15H10N6O. The molecule has 4 rings (SSSR count). The van der Waals surface area contributed by atoms with E-state index in [2.05, 4.69) is 25.2 Å².